The molecule has 1 saturated carbocycles. The fourth-order valence-electron chi connectivity index (χ4n) is 6.81. The van der Waals surface area contributed by atoms with Crippen molar-refractivity contribution < 1.29 is 22.7 Å². The van der Waals surface area contributed by atoms with E-state index in [2.05, 4.69) is 34.8 Å². The fraction of sp³-hybridized carbons (Fsp3) is 0.481. The Morgan fingerprint density at radius 3 is 2.86 bits per heavy atom. The van der Waals surface area contributed by atoms with Crippen molar-refractivity contribution in [3.05, 3.63) is 70.8 Å². The molecule has 0 bridgehead atoms. The lowest BCUT2D eigenvalue weighted by atomic mass is 9.54. The maximum atomic E-state index is 13.9. The summed E-state index contributed by atoms with van der Waals surface area (Å²) >= 11 is 0. The Kier molecular flexibility index (Phi) is 6.30. The van der Waals surface area contributed by atoms with E-state index in [1.165, 1.54) is 22.9 Å². The predicted octanol–water partition coefficient (Wildman–Crippen LogP) is 4.66. The number of benzene rings is 1. The van der Waals surface area contributed by atoms with Crippen LogP contribution in [0.5, 0.6) is 0 Å². The number of carboxylic acid groups (broad SMARTS) is 1. The number of hydrogen-bond donors (Lipinski definition) is 2. The zero-order valence-electron chi connectivity index (χ0n) is 19.8. The number of fused-ring (bicyclic) bond motifs is 5. The first-order chi connectivity index (χ1) is 16.7. The largest absolute Gasteiger partial charge is 0.481 e. The second-order valence-corrected chi connectivity index (χ2v) is 12.4. The minimum Gasteiger partial charge on any atom is -0.481 e. The molecule has 3 aliphatic carbocycles. The van der Waals surface area contributed by atoms with Crippen LogP contribution in [-0.4, -0.2) is 30.2 Å². The van der Waals surface area contributed by atoms with Crippen LogP contribution in [0.2, 0.25) is 0 Å². The molecule has 1 aromatic carbocycles. The average molecular weight is 499 g/mol. The number of nitrogens with zero attached hydrogens (tertiary/aromatic N) is 1. The van der Waals surface area contributed by atoms with Crippen LogP contribution in [0.4, 0.5) is 4.39 Å². The highest BCUT2D eigenvalue weighted by molar-refractivity contribution is 7.89. The molecule has 1 fully saturated rings. The summed E-state index contributed by atoms with van der Waals surface area (Å²) in [5, 5.41) is 8.73. The van der Waals surface area contributed by atoms with Crippen molar-refractivity contribution in [3.63, 3.8) is 0 Å². The molecule has 6 nitrogen and oxygen atoms in total. The van der Waals surface area contributed by atoms with Gasteiger partial charge in [0.1, 0.15) is 5.82 Å². The first-order valence-electron chi connectivity index (χ1n) is 12.3. The molecule has 2 aromatic rings. The number of sulfonamides is 1. The summed E-state index contributed by atoms with van der Waals surface area (Å²) in [5.41, 5.74) is 5.73. The molecule has 0 amide bonds. The molecule has 0 radical (unpaired) electrons. The van der Waals surface area contributed by atoms with E-state index in [1.807, 2.05) is 6.07 Å². The zero-order chi connectivity index (χ0) is 24.8. The second-order valence-electron chi connectivity index (χ2n) is 10.4. The van der Waals surface area contributed by atoms with Crippen LogP contribution in [0.25, 0.3) is 5.57 Å². The first-order valence-corrected chi connectivity index (χ1v) is 13.9. The summed E-state index contributed by atoms with van der Waals surface area (Å²) in [6.45, 7) is 2.51. The van der Waals surface area contributed by atoms with Crippen LogP contribution in [0.1, 0.15) is 67.2 Å². The normalized spacial score (nSPS) is 27.5. The van der Waals surface area contributed by atoms with Gasteiger partial charge in [0.2, 0.25) is 10.0 Å². The Labute approximate surface area is 205 Å². The van der Waals surface area contributed by atoms with Gasteiger partial charge in [-0.2, -0.15) is 0 Å². The lowest BCUT2D eigenvalue weighted by Gasteiger charge is -2.50. The maximum Gasteiger partial charge on any atom is 0.304 e. The smallest absolute Gasteiger partial charge is 0.304 e. The van der Waals surface area contributed by atoms with Crippen molar-refractivity contribution in [2.45, 2.75) is 57.9 Å². The standard InChI is InChI=1S/C27H31FN2O4S/c1-27-10-8-22-21-4-2-17(14-30-35(33,34)11-9-26(31)32)12-18(21)3-5-23(22)25(27)7-6-24(27)19-13-20(28)16-29-15-19/h2,4,6,12-13,15-16,22-23,25,30H,3,5,7-11,14H2,1H3,(H,31,32)/t22?,23?,25?,27-/m1/s1. The number of rotatable bonds is 7. The van der Waals surface area contributed by atoms with Gasteiger partial charge in [0.25, 0.3) is 0 Å². The fourth-order valence-corrected chi connectivity index (χ4v) is 7.78. The van der Waals surface area contributed by atoms with Gasteiger partial charge in [0.15, 0.2) is 0 Å². The number of pyridine rings is 1. The lowest BCUT2D eigenvalue weighted by molar-refractivity contribution is -0.136. The van der Waals surface area contributed by atoms with Crippen molar-refractivity contribution >= 4 is 21.6 Å². The third kappa shape index (κ3) is 4.66. The van der Waals surface area contributed by atoms with Gasteiger partial charge < -0.3 is 5.11 Å². The topological polar surface area (TPSA) is 96.4 Å². The number of halogens is 1. The molecule has 186 valence electrons. The molecule has 4 atom stereocenters. The van der Waals surface area contributed by atoms with Crippen LogP contribution in [0.15, 0.2) is 42.7 Å². The highest BCUT2D eigenvalue weighted by atomic mass is 32.2. The SMILES string of the molecule is C[C@]12CCC3c4ccc(CNS(=O)(=O)CCC(=O)O)cc4CCC3C1CC=C2c1cncc(F)c1. The van der Waals surface area contributed by atoms with Crippen LogP contribution in [0.3, 0.4) is 0 Å². The highest BCUT2D eigenvalue weighted by Crippen LogP contribution is 2.63. The number of nitrogens with one attached hydrogen (secondary N) is 1. The van der Waals surface area contributed by atoms with Gasteiger partial charge in [-0.25, -0.2) is 17.5 Å². The number of aliphatic carboxylic acids is 1. The van der Waals surface area contributed by atoms with Gasteiger partial charge in [0.05, 0.1) is 18.4 Å². The van der Waals surface area contributed by atoms with Crippen molar-refractivity contribution in [2.24, 2.45) is 17.3 Å². The molecule has 8 heteroatoms. The molecule has 2 N–H and O–H groups in total. The number of hydrogen-bond acceptors (Lipinski definition) is 4. The van der Waals surface area contributed by atoms with Crippen molar-refractivity contribution in [1.29, 1.82) is 0 Å². The van der Waals surface area contributed by atoms with E-state index in [4.69, 9.17) is 5.11 Å². The van der Waals surface area contributed by atoms with Gasteiger partial charge in [-0.3, -0.25) is 9.78 Å². The lowest BCUT2D eigenvalue weighted by Crippen LogP contribution is -2.41. The summed E-state index contributed by atoms with van der Waals surface area (Å²) in [6.07, 6.45) is 10.1. The molecule has 0 spiro atoms. The molecular formula is C27H31FN2O4S. The second kappa shape index (κ2) is 9.13. The summed E-state index contributed by atoms with van der Waals surface area (Å²) < 4.78 is 40.5. The highest BCUT2D eigenvalue weighted by Gasteiger charge is 2.51. The van der Waals surface area contributed by atoms with Crippen molar-refractivity contribution in [2.75, 3.05) is 5.75 Å². The Morgan fingerprint density at radius 2 is 2.09 bits per heavy atom. The van der Waals surface area contributed by atoms with Crippen LogP contribution in [0, 0.1) is 23.1 Å². The van der Waals surface area contributed by atoms with E-state index in [-0.39, 0.29) is 17.8 Å². The maximum absolute atomic E-state index is 13.9. The van der Waals surface area contributed by atoms with Crippen LogP contribution in [-0.2, 0) is 27.8 Å². The minimum atomic E-state index is -3.63. The molecule has 0 aliphatic heterocycles. The van der Waals surface area contributed by atoms with E-state index in [0.29, 0.717) is 17.8 Å². The molecule has 1 heterocycles. The van der Waals surface area contributed by atoms with E-state index in [1.54, 1.807) is 12.3 Å². The van der Waals surface area contributed by atoms with Crippen LogP contribution < -0.4 is 4.72 Å². The zero-order valence-corrected chi connectivity index (χ0v) is 20.7. The van der Waals surface area contributed by atoms with Gasteiger partial charge >= 0.3 is 5.97 Å². The van der Waals surface area contributed by atoms with E-state index in [0.717, 1.165) is 43.2 Å². The summed E-state index contributed by atoms with van der Waals surface area (Å²) in [4.78, 5) is 14.8. The summed E-state index contributed by atoms with van der Waals surface area (Å²) in [6, 6.07) is 7.86. The van der Waals surface area contributed by atoms with Gasteiger partial charge in [-0.1, -0.05) is 31.2 Å². The number of allylic oxidation sites excluding steroid dienone is 2. The Balaban J connectivity index is 1.30. The summed E-state index contributed by atoms with van der Waals surface area (Å²) in [7, 11) is -3.63. The third-order valence-corrected chi connectivity index (χ3v) is 9.79. The monoisotopic (exact) mass is 498 g/mol. The van der Waals surface area contributed by atoms with E-state index < -0.39 is 28.2 Å². The molecule has 3 aliphatic rings. The average Bonchev–Trinajstić information content (AvgIpc) is 3.18. The van der Waals surface area contributed by atoms with Crippen LogP contribution >= 0.6 is 0 Å². The van der Waals surface area contributed by atoms with Gasteiger partial charge in [-0.15, -0.1) is 0 Å². The Bertz CT molecular complexity index is 1290. The number of aryl methyl sites for hydroxylation is 1. The van der Waals surface area contributed by atoms with Gasteiger partial charge in [0, 0.05) is 12.7 Å². The Hall–Kier alpha value is -2.58. The molecule has 35 heavy (non-hydrogen) atoms. The Morgan fingerprint density at radius 1 is 1.26 bits per heavy atom. The van der Waals surface area contributed by atoms with Gasteiger partial charge in [-0.05, 0) is 89.2 Å². The quantitative estimate of drug-likeness (QED) is 0.579. The predicted molar refractivity (Wildman–Crippen MR) is 131 cm³/mol. The number of carbonyl (C=O) groups is 1. The number of aromatic nitrogens is 1. The molecule has 5 rings (SSSR count). The molecule has 3 unspecified atom stereocenters. The third-order valence-electron chi connectivity index (χ3n) is 8.47. The van der Waals surface area contributed by atoms with E-state index in [9.17, 15) is 17.6 Å². The van der Waals surface area contributed by atoms with Crippen molar-refractivity contribution in [3.8, 4) is 0 Å². The number of carboxylic acids is 1. The molecule has 1 aromatic heterocycles. The molecule has 0 saturated heterocycles. The molecular weight excluding hydrogens is 467 g/mol. The van der Waals surface area contributed by atoms with E-state index >= 15 is 0 Å². The van der Waals surface area contributed by atoms with Crippen molar-refractivity contribution in [1.82, 2.24) is 9.71 Å². The minimum absolute atomic E-state index is 0.0301. The first kappa shape index (κ1) is 24.1. The summed E-state index contributed by atoms with van der Waals surface area (Å²) in [5.74, 6) is -0.268.